The number of hydrogen-bond acceptors (Lipinski definition) is 5. The number of amides is 1. The fourth-order valence-corrected chi connectivity index (χ4v) is 3.17. The molecule has 0 aliphatic heterocycles. The van der Waals surface area contributed by atoms with Crippen LogP contribution in [0.25, 0.3) is 10.9 Å². The molecule has 0 fully saturated rings. The SMILES string of the molecule is COC(=O)CCc1cn(C)c2cccc(OC(=O)NCc3ccc(OC)cc3)c12. The van der Waals surface area contributed by atoms with Gasteiger partial charge >= 0.3 is 12.1 Å². The van der Waals surface area contributed by atoms with E-state index in [0.717, 1.165) is 27.8 Å². The molecule has 1 aromatic heterocycles. The number of benzene rings is 2. The van der Waals surface area contributed by atoms with Crippen molar-refractivity contribution in [1.82, 2.24) is 9.88 Å². The third kappa shape index (κ3) is 4.87. The minimum atomic E-state index is -0.545. The number of nitrogens with zero attached hydrogens (tertiary/aromatic N) is 1. The largest absolute Gasteiger partial charge is 0.497 e. The van der Waals surface area contributed by atoms with Crippen LogP contribution in [-0.4, -0.2) is 30.8 Å². The average Bonchev–Trinajstić information content (AvgIpc) is 3.07. The lowest BCUT2D eigenvalue weighted by Crippen LogP contribution is -2.26. The first-order valence-electron chi connectivity index (χ1n) is 9.24. The monoisotopic (exact) mass is 396 g/mol. The summed E-state index contributed by atoms with van der Waals surface area (Å²) in [6.45, 7) is 0.336. The minimum Gasteiger partial charge on any atom is -0.497 e. The first-order valence-corrected chi connectivity index (χ1v) is 9.24. The summed E-state index contributed by atoms with van der Waals surface area (Å²) in [5.41, 5.74) is 2.77. The van der Waals surface area contributed by atoms with E-state index in [1.165, 1.54) is 7.11 Å². The molecule has 0 spiro atoms. The summed E-state index contributed by atoms with van der Waals surface area (Å²) in [6, 6.07) is 12.9. The normalized spacial score (nSPS) is 10.6. The number of fused-ring (bicyclic) bond motifs is 1. The molecule has 7 nitrogen and oxygen atoms in total. The van der Waals surface area contributed by atoms with Gasteiger partial charge in [-0.05, 0) is 41.8 Å². The molecular formula is C22H24N2O5. The van der Waals surface area contributed by atoms with Crippen molar-refractivity contribution >= 4 is 23.0 Å². The number of rotatable bonds is 7. The molecule has 0 unspecified atom stereocenters. The molecule has 0 aliphatic carbocycles. The molecule has 3 aromatic rings. The maximum absolute atomic E-state index is 12.3. The van der Waals surface area contributed by atoms with E-state index < -0.39 is 6.09 Å². The first kappa shape index (κ1) is 20.3. The van der Waals surface area contributed by atoms with Crippen LogP contribution in [0.5, 0.6) is 11.5 Å². The van der Waals surface area contributed by atoms with Crippen molar-refractivity contribution < 1.29 is 23.8 Å². The molecule has 0 saturated carbocycles. The van der Waals surface area contributed by atoms with Gasteiger partial charge in [0.05, 0.1) is 19.7 Å². The molecule has 1 N–H and O–H groups in total. The molecule has 1 heterocycles. The van der Waals surface area contributed by atoms with E-state index in [1.807, 2.05) is 54.2 Å². The van der Waals surface area contributed by atoms with Crippen molar-refractivity contribution in [2.24, 2.45) is 7.05 Å². The van der Waals surface area contributed by atoms with Crippen molar-refractivity contribution in [3.63, 3.8) is 0 Å². The average molecular weight is 396 g/mol. The maximum Gasteiger partial charge on any atom is 0.412 e. The Kier molecular flexibility index (Phi) is 6.39. The number of aromatic nitrogens is 1. The maximum atomic E-state index is 12.3. The van der Waals surface area contributed by atoms with Gasteiger partial charge in [-0.3, -0.25) is 4.79 Å². The summed E-state index contributed by atoms with van der Waals surface area (Å²) in [7, 11) is 4.89. The van der Waals surface area contributed by atoms with Crippen LogP contribution in [-0.2, 0) is 29.5 Å². The lowest BCUT2D eigenvalue weighted by atomic mass is 10.1. The van der Waals surface area contributed by atoms with Gasteiger partial charge in [0.15, 0.2) is 0 Å². The van der Waals surface area contributed by atoms with Gasteiger partial charge in [0, 0.05) is 31.6 Å². The number of esters is 1. The summed E-state index contributed by atoms with van der Waals surface area (Å²) in [5, 5.41) is 3.57. The molecular weight excluding hydrogens is 372 g/mol. The number of carbonyl (C=O) groups excluding carboxylic acids is 2. The molecule has 29 heavy (non-hydrogen) atoms. The van der Waals surface area contributed by atoms with Crippen LogP contribution in [0.1, 0.15) is 17.5 Å². The fraction of sp³-hybridized carbons (Fsp3) is 0.273. The second-order valence-electron chi connectivity index (χ2n) is 6.58. The Balaban J connectivity index is 1.72. The van der Waals surface area contributed by atoms with Crippen molar-refractivity contribution in [2.45, 2.75) is 19.4 Å². The van der Waals surface area contributed by atoms with Crippen LogP contribution in [0.2, 0.25) is 0 Å². The summed E-state index contributed by atoms with van der Waals surface area (Å²) in [5.74, 6) is 0.930. The lowest BCUT2D eigenvalue weighted by Gasteiger charge is -2.10. The van der Waals surface area contributed by atoms with Gasteiger partial charge in [-0.25, -0.2) is 4.79 Å². The van der Waals surface area contributed by atoms with Crippen LogP contribution in [0.3, 0.4) is 0 Å². The summed E-state index contributed by atoms with van der Waals surface area (Å²) in [6.07, 6.45) is 2.15. The van der Waals surface area contributed by atoms with E-state index in [4.69, 9.17) is 14.2 Å². The zero-order chi connectivity index (χ0) is 20.8. The lowest BCUT2D eigenvalue weighted by molar-refractivity contribution is -0.140. The Morgan fingerprint density at radius 1 is 1.07 bits per heavy atom. The van der Waals surface area contributed by atoms with Crippen LogP contribution >= 0.6 is 0 Å². The second kappa shape index (κ2) is 9.14. The van der Waals surface area contributed by atoms with Gasteiger partial charge in [0.2, 0.25) is 0 Å². The molecule has 0 radical (unpaired) electrons. The zero-order valence-corrected chi connectivity index (χ0v) is 16.7. The molecule has 2 aromatic carbocycles. The van der Waals surface area contributed by atoms with E-state index in [1.54, 1.807) is 13.2 Å². The Hall–Kier alpha value is -3.48. The van der Waals surface area contributed by atoms with Crippen molar-refractivity contribution in [3.05, 3.63) is 59.8 Å². The van der Waals surface area contributed by atoms with Gasteiger partial charge in [0.1, 0.15) is 11.5 Å². The van der Waals surface area contributed by atoms with Gasteiger partial charge in [-0.1, -0.05) is 18.2 Å². The summed E-state index contributed by atoms with van der Waals surface area (Å²) < 4.78 is 17.4. The van der Waals surface area contributed by atoms with E-state index in [0.29, 0.717) is 18.7 Å². The summed E-state index contributed by atoms with van der Waals surface area (Å²) >= 11 is 0. The van der Waals surface area contributed by atoms with Gasteiger partial charge in [-0.15, -0.1) is 0 Å². The number of hydrogen-bond donors (Lipinski definition) is 1. The van der Waals surface area contributed by atoms with Gasteiger partial charge in [0.25, 0.3) is 0 Å². The van der Waals surface area contributed by atoms with Crippen molar-refractivity contribution in [1.29, 1.82) is 0 Å². The fourth-order valence-electron chi connectivity index (χ4n) is 3.17. The Morgan fingerprint density at radius 3 is 2.52 bits per heavy atom. The number of ether oxygens (including phenoxy) is 3. The highest BCUT2D eigenvalue weighted by Gasteiger charge is 2.15. The highest BCUT2D eigenvalue weighted by atomic mass is 16.6. The van der Waals surface area contributed by atoms with Crippen LogP contribution in [0, 0.1) is 0 Å². The molecule has 3 rings (SSSR count). The van der Waals surface area contributed by atoms with Gasteiger partial charge < -0.3 is 24.1 Å². The van der Waals surface area contributed by atoms with Crippen LogP contribution in [0.15, 0.2) is 48.7 Å². The van der Waals surface area contributed by atoms with Crippen molar-refractivity contribution in [3.8, 4) is 11.5 Å². The minimum absolute atomic E-state index is 0.258. The highest BCUT2D eigenvalue weighted by Crippen LogP contribution is 2.31. The van der Waals surface area contributed by atoms with E-state index in [9.17, 15) is 9.59 Å². The highest BCUT2D eigenvalue weighted by molar-refractivity contribution is 5.92. The summed E-state index contributed by atoms with van der Waals surface area (Å²) in [4.78, 5) is 23.9. The predicted molar refractivity (Wildman–Crippen MR) is 109 cm³/mol. The molecule has 0 saturated heterocycles. The van der Waals surface area contributed by atoms with E-state index in [2.05, 4.69) is 5.32 Å². The standard InChI is InChI=1S/C22H24N2O5/c1-24-14-16(9-12-20(25)28-3)21-18(24)5-4-6-19(21)29-22(26)23-13-15-7-10-17(27-2)11-8-15/h4-8,10-11,14H,9,12-13H2,1-3H3,(H,23,26). The second-order valence-corrected chi connectivity index (χ2v) is 6.58. The van der Waals surface area contributed by atoms with Crippen molar-refractivity contribution in [2.75, 3.05) is 14.2 Å². The number of nitrogens with one attached hydrogen (secondary N) is 1. The van der Waals surface area contributed by atoms with Crippen LogP contribution < -0.4 is 14.8 Å². The Labute approximate surface area is 169 Å². The third-order valence-electron chi connectivity index (χ3n) is 4.68. The van der Waals surface area contributed by atoms with Gasteiger partial charge in [-0.2, -0.15) is 0 Å². The van der Waals surface area contributed by atoms with E-state index >= 15 is 0 Å². The number of carbonyl (C=O) groups is 2. The van der Waals surface area contributed by atoms with E-state index in [-0.39, 0.29) is 12.4 Å². The quantitative estimate of drug-likeness (QED) is 0.618. The molecule has 0 bridgehead atoms. The first-order chi connectivity index (χ1) is 14.0. The molecule has 152 valence electrons. The Bertz CT molecular complexity index is 1010. The molecule has 0 atom stereocenters. The molecule has 0 aliphatic rings. The topological polar surface area (TPSA) is 78.8 Å². The number of methoxy groups -OCH3 is 2. The number of aryl methyl sites for hydroxylation is 2. The Morgan fingerprint density at radius 2 is 1.83 bits per heavy atom. The smallest absolute Gasteiger partial charge is 0.412 e. The molecule has 7 heteroatoms. The zero-order valence-electron chi connectivity index (χ0n) is 16.7. The van der Waals surface area contributed by atoms with Crippen LogP contribution in [0.4, 0.5) is 4.79 Å². The third-order valence-corrected chi connectivity index (χ3v) is 4.68. The predicted octanol–water partition coefficient (Wildman–Crippen LogP) is 3.58. The molecule has 1 amide bonds.